The minimum absolute atomic E-state index is 0.0322. The van der Waals surface area contributed by atoms with Gasteiger partial charge in [-0.3, -0.25) is 9.59 Å². The molecule has 176 valence electrons. The molecule has 34 heavy (non-hydrogen) atoms. The van der Waals surface area contributed by atoms with Gasteiger partial charge in [0, 0.05) is 19.0 Å². The first-order valence-corrected chi connectivity index (χ1v) is 12.3. The second kappa shape index (κ2) is 11.6. The predicted molar refractivity (Wildman–Crippen MR) is 136 cm³/mol. The monoisotopic (exact) mass is 454 g/mol. The molecular weight excluding hydrogens is 420 g/mol. The van der Waals surface area contributed by atoms with Gasteiger partial charge in [-0.2, -0.15) is 0 Å². The van der Waals surface area contributed by atoms with Gasteiger partial charge in [-0.25, -0.2) is 0 Å². The molecule has 2 amide bonds. The van der Waals surface area contributed by atoms with Crippen molar-refractivity contribution in [1.29, 1.82) is 0 Å². The van der Waals surface area contributed by atoms with Gasteiger partial charge in [0.1, 0.15) is 6.04 Å². The normalized spacial score (nSPS) is 14.5. The van der Waals surface area contributed by atoms with Crippen molar-refractivity contribution < 1.29 is 9.59 Å². The average molecular weight is 455 g/mol. The molecule has 1 N–H and O–H groups in total. The highest BCUT2D eigenvalue weighted by molar-refractivity contribution is 5.89. The molecule has 0 spiro atoms. The fourth-order valence-corrected chi connectivity index (χ4v) is 4.68. The molecule has 4 heteroatoms. The van der Waals surface area contributed by atoms with Gasteiger partial charge in [-0.1, -0.05) is 103 Å². The van der Waals surface area contributed by atoms with Crippen molar-refractivity contribution >= 4 is 11.8 Å². The fourth-order valence-electron chi connectivity index (χ4n) is 4.68. The SMILES string of the molecule is Cc1ccc(CC(=O)N(Cc2ccccc2)[C@@H](Cc2ccccc2)C(=O)NC2CCCC2)cc1. The molecule has 3 aromatic rings. The first-order valence-electron chi connectivity index (χ1n) is 12.3. The summed E-state index contributed by atoms with van der Waals surface area (Å²) in [5.74, 6) is -0.0841. The summed E-state index contributed by atoms with van der Waals surface area (Å²) in [4.78, 5) is 29.1. The van der Waals surface area contributed by atoms with Crippen molar-refractivity contribution in [2.45, 2.75) is 64.1 Å². The molecule has 3 aromatic carbocycles. The zero-order chi connectivity index (χ0) is 23.8. The van der Waals surface area contributed by atoms with Crippen molar-refractivity contribution in [3.63, 3.8) is 0 Å². The average Bonchev–Trinajstić information content (AvgIpc) is 3.37. The summed E-state index contributed by atoms with van der Waals surface area (Å²) < 4.78 is 0. The first-order chi connectivity index (χ1) is 16.6. The van der Waals surface area contributed by atoms with Crippen LogP contribution in [0.1, 0.15) is 47.9 Å². The Morgan fingerprint density at radius 3 is 2.03 bits per heavy atom. The van der Waals surface area contributed by atoms with E-state index in [2.05, 4.69) is 5.32 Å². The maximum absolute atomic E-state index is 13.7. The Hall–Kier alpha value is -3.40. The van der Waals surface area contributed by atoms with E-state index in [0.717, 1.165) is 47.9 Å². The highest BCUT2D eigenvalue weighted by Gasteiger charge is 2.32. The molecule has 1 fully saturated rings. The molecule has 1 aliphatic rings. The predicted octanol–water partition coefficient (Wildman–Crippen LogP) is 5.24. The van der Waals surface area contributed by atoms with Gasteiger partial charge in [0.05, 0.1) is 6.42 Å². The third-order valence-corrected chi connectivity index (χ3v) is 6.64. The van der Waals surface area contributed by atoms with Crippen LogP contribution in [0.3, 0.4) is 0 Å². The maximum Gasteiger partial charge on any atom is 0.243 e. The lowest BCUT2D eigenvalue weighted by Crippen LogP contribution is -2.52. The standard InChI is InChI=1S/C30H34N2O2/c1-23-16-18-25(19-17-23)21-29(33)32(22-26-12-6-3-7-13-26)28(20-24-10-4-2-5-11-24)30(34)31-27-14-8-9-15-27/h2-7,10-13,16-19,27-28H,8-9,14-15,20-22H2,1H3,(H,31,34)/t28-/m0/s1. The molecule has 0 heterocycles. The molecule has 4 rings (SSSR count). The zero-order valence-corrected chi connectivity index (χ0v) is 20.0. The molecule has 1 atom stereocenters. The number of nitrogens with one attached hydrogen (secondary N) is 1. The van der Waals surface area contributed by atoms with E-state index in [1.54, 1.807) is 4.90 Å². The number of hydrogen-bond donors (Lipinski definition) is 1. The quantitative estimate of drug-likeness (QED) is 0.481. The van der Waals surface area contributed by atoms with Crippen molar-refractivity contribution in [1.82, 2.24) is 10.2 Å². The number of nitrogens with zero attached hydrogens (tertiary/aromatic N) is 1. The number of carbonyl (C=O) groups excluding carboxylic acids is 2. The lowest BCUT2D eigenvalue weighted by Gasteiger charge is -2.32. The van der Waals surface area contributed by atoms with Crippen LogP contribution in [-0.4, -0.2) is 28.8 Å². The number of aryl methyl sites for hydroxylation is 1. The largest absolute Gasteiger partial charge is 0.352 e. The fraction of sp³-hybridized carbons (Fsp3) is 0.333. The van der Waals surface area contributed by atoms with Gasteiger partial charge in [-0.05, 0) is 36.5 Å². The van der Waals surface area contributed by atoms with Crippen LogP contribution < -0.4 is 5.32 Å². The minimum Gasteiger partial charge on any atom is -0.352 e. The van der Waals surface area contributed by atoms with Gasteiger partial charge >= 0.3 is 0 Å². The van der Waals surface area contributed by atoms with Crippen LogP contribution in [0.5, 0.6) is 0 Å². The van der Waals surface area contributed by atoms with Crippen molar-refractivity contribution in [3.05, 3.63) is 107 Å². The summed E-state index contributed by atoms with van der Waals surface area (Å²) in [6, 6.07) is 27.6. The third kappa shape index (κ3) is 6.57. The van der Waals surface area contributed by atoms with Gasteiger partial charge in [-0.15, -0.1) is 0 Å². The highest BCUT2D eigenvalue weighted by Crippen LogP contribution is 2.20. The van der Waals surface area contributed by atoms with E-state index in [-0.39, 0.29) is 24.3 Å². The Morgan fingerprint density at radius 2 is 1.41 bits per heavy atom. The van der Waals surface area contributed by atoms with Gasteiger partial charge in [0.15, 0.2) is 0 Å². The zero-order valence-electron chi connectivity index (χ0n) is 20.0. The van der Waals surface area contributed by atoms with E-state index < -0.39 is 6.04 Å². The third-order valence-electron chi connectivity index (χ3n) is 6.64. The van der Waals surface area contributed by atoms with Gasteiger partial charge < -0.3 is 10.2 Å². The molecule has 0 aromatic heterocycles. The van der Waals surface area contributed by atoms with Gasteiger partial charge in [0.2, 0.25) is 11.8 Å². The van der Waals surface area contributed by atoms with Crippen LogP contribution in [0.25, 0.3) is 0 Å². The lowest BCUT2D eigenvalue weighted by atomic mass is 10.0. The van der Waals surface area contributed by atoms with E-state index in [4.69, 9.17) is 0 Å². The van der Waals surface area contributed by atoms with Crippen LogP contribution in [0.2, 0.25) is 0 Å². The summed E-state index contributed by atoms with van der Waals surface area (Å²) in [5, 5.41) is 3.26. The van der Waals surface area contributed by atoms with Gasteiger partial charge in [0.25, 0.3) is 0 Å². The number of hydrogen-bond acceptors (Lipinski definition) is 2. The summed E-state index contributed by atoms with van der Waals surface area (Å²) >= 11 is 0. The smallest absolute Gasteiger partial charge is 0.243 e. The molecule has 1 aliphatic carbocycles. The molecule has 0 unspecified atom stereocenters. The van der Waals surface area contributed by atoms with Crippen LogP contribution >= 0.6 is 0 Å². The Labute approximate surface area is 203 Å². The molecular formula is C30H34N2O2. The van der Waals surface area contributed by atoms with E-state index in [0.29, 0.717) is 13.0 Å². The molecule has 0 bridgehead atoms. The van der Waals surface area contributed by atoms with Crippen molar-refractivity contribution in [2.75, 3.05) is 0 Å². The van der Waals surface area contributed by atoms with E-state index >= 15 is 0 Å². The highest BCUT2D eigenvalue weighted by atomic mass is 16.2. The van der Waals surface area contributed by atoms with E-state index in [1.165, 1.54) is 0 Å². The number of amides is 2. The molecule has 1 saturated carbocycles. The number of carbonyl (C=O) groups is 2. The van der Waals surface area contributed by atoms with Crippen LogP contribution in [0.4, 0.5) is 0 Å². The topological polar surface area (TPSA) is 49.4 Å². The van der Waals surface area contributed by atoms with E-state index in [9.17, 15) is 9.59 Å². The number of rotatable bonds is 9. The summed E-state index contributed by atoms with van der Waals surface area (Å²) in [5.41, 5.74) is 4.19. The second-order valence-electron chi connectivity index (χ2n) is 9.37. The van der Waals surface area contributed by atoms with Crippen LogP contribution in [0.15, 0.2) is 84.9 Å². The molecule has 4 nitrogen and oxygen atoms in total. The Balaban J connectivity index is 1.63. The second-order valence-corrected chi connectivity index (χ2v) is 9.37. The molecule has 0 aliphatic heterocycles. The summed E-state index contributed by atoms with van der Waals surface area (Å²) in [6.45, 7) is 2.44. The van der Waals surface area contributed by atoms with E-state index in [1.807, 2.05) is 91.9 Å². The first kappa shape index (κ1) is 23.7. The van der Waals surface area contributed by atoms with Crippen LogP contribution in [-0.2, 0) is 29.0 Å². The van der Waals surface area contributed by atoms with Crippen molar-refractivity contribution in [3.8, 4) is 0 Å². The van der Waals surface area contributed by atoms with Crippen molar-refractivity contribution in [2.24, 2.45) is 0 Å². The summed E-state index contributed by atoms with van der Waals surface area (Å²) in [7, 11) is 0. The summed E-state index contributed by atoms with van der Waals surface area (Å²) in [6.07, 6.45) is 5.09. The molecule has 0 radical (unpaired) electrons. The number of benzene rings is 3. The van der Waals surface area contributed by atoms with Crippen LogP contribution in [0, 0.1) is 6.92 Å². The Kier molecular flexibility index (Phi) is 8.13. The molecule has 0 saturated heterocycles. The Morgan fingerprint density at radius 1 is 0.824 bits per heavy atom. The minimum atomic E-state index is -0.568. The maximum atomic E-state index is 13.7. The Bertz CT molecular complexity index is 1060. The lowest BCUT2D eigenvalue weighted by molar-refractivity contribution is -0.141.